The lowest BCUT2D eigenvalue weighted by molar-refractivity contribution is -0.118. The van der Waals surface area contributed by atoms with E-state index in [0.717, 1.165) is 35.3 Å². The number of nitrogens with zero attached hydrogens (tertiary/aromatic N) is 14. The van der Waals surface area contributed by atoms with E-state index >= 15 is 4.39 Å². The monoisotopic (exact) mass is 952 g/mol. The fourth-order valence-corrected chi connectivity index (χ4v) is 9.12. The van der Waals surface area contributed by atoms with Gasteiger partial charge in [-0.1, -0.05) is 12.6 Å². The predicted octanol–water partition coefficient (Wildman–Crippen LogP) is 3.78. The number of amides is 2. The summed E-state index contributed by atoms with van der Waals surface area (Å²) < 4.78 is 32.4. The first kappa shape index (κ1) is 41.9. The number of halogens is 2. The Bertz CT molecular complexity index is 2980. The largest absolute Gasteiger partial charge is 0.478 e. The number of H-pyrrole nitrogens is 1. The topological polar surface area (TPSA) is 232 Å². The summed E-state index contributed by atoms with van der Waals surface area (Å²) in [6, 6.07) is 5.00. The number of anilines is 5. The Hall–Kier alpha value is -7.11. The molecule has 0 bridgehead atoms. The lowest BCUT2D eigenvalue weighted by Gasteiger charge is -2.35. The minimum Gasteiger partial charge on any atom is -0.478 e. The molecule has 1 aromatic carbocycles. The van der Waals surface area contributed by atoms with Gasteiger partial charge in [-0.2, -0.15) is 29.5 Å². The van der Waals surface area contributed by atoms with Crippen LogP contribution >= 0.6 is 15.9 Å². The maximum absolute atomic E-state index is 15.6. The molecular weight excluding hydrogens is 907 g/mol. The number of methoxy groups -OCH3 is 1. The molecule has 7 aromatic rings. The van der Waals surface area contributed by atoms with Crippen molar-refractivity contribution in [3.8, 4) is 5.88 Å². The summed E-state index contributed by atoms with van der Waals surface area (Å²) in [5, 5.41) is 18.1. The molecule has 9 heterocycles. The van der Waals surface area contributed by atoms with Crippen LogP contribution in [0.1, 0.15) is 24.2 Å². The molecule has 6 aromatic heterocycles. The Morgan fingerprint density at radius 2 is 1.86 bits per heavy atom. The van der Waals surface area contributed by atoms with Crippen LogP contribution in [-0.2, 0) is 30.2 Å². The van der Waals surface area contributed by atoms with Gasteiger partial charge < -0.3 is 49.7 Å². The van der Waals surface area contributed by atoms with Gasteiger partial charge in [-0.15, -0.1) is 5.10 Å². The second-order valence-corrected chi connectivity index (χ2v) is 17.5. The van der Waals surface area contributed by atoms with Crippen LogP contribution < -0.4 is 30.5 Å². The van der Waals surface area contributed by atoms with Gasteiger partial charge in [0, 0.05) is 45.8 Å². The average molecular weight is 954 g/mol. The number of carbonyl (C=O) groups excluding carboxylic acids is 2. The van der Waals surface area contributed by atoms with Crippen molar-refractivity contribution >= 4 is 85.1 Å². The first-order valence-electron chi connectivity index (χ1n) is 21.1. The van der Waals surface area contributed by atoms with Crippen molar-refractivity contribution in [3.05, 3.63) is 64.9 Å². The molecule has 10 rings (SSSR count). The number of hydrogen-bond acceptors (Lipinski definition) is 16. The summed E-state index contributed by atoms with van der Waals surface area (Å²) in [5.74, 6) is 2.25. The van der Waals surface area contributed by atoms with Crippen LogP contribution in [0.2, 0.25) is 0 Å². The third-order valence-electron chi connectivity index (χ3n) is 12.0. The average Bonchev–Trinajstić information content (AvgIpc) is 4.17. The van der Waals surface area contributed by atoms with E-state index in [1.54, 1.807) is 56.4 Å². The molecule has 24 heteroatoms. The number of hydrogen-bond donors (Lipinski definition) is 4. The number of rotatable bonds is 12. The van der Waals surface area contributed by atoms with Crippen molar-refractivity contribution in [2.24, 2.45) is 20.0 Å². The van der Waals surface area contributed by atoms with E-state index < -0.39 is 24.2 Å². The van der Waals surface area contributed by atoms with Gasteiger partial charge in [-0.3, -0.25) is 9.48 Å². The highest BCUT2D eigenvalue weighted by atomic mass is 79.9. The van der Waals surface area contributed by atoms with Crippen molar-refractivity contribution in [2.75, 3.05) is 66.9 Å². The molecule has 3 saturated heterocycles. The van der Waals surface area contributed by atoms with Crippen LogP contribution in [0.25, 0.3) is 27.8 Å². The van der Waals surface area contributed by atoms with E-state index in [-0.39, 0.29) is 43.2 Å². The van der Waals surface area contributed by atoms with E-state index in [0.29, 0.717) is 76.7 Å². The number of aromatic amines is 1. The summed E-state index contributed by atoms with van der Waals surface area (Å²) in [6.07, 6.45) is 4.72. The molecule has 338 valence electrons. The third-order valence-corrected chi connectivity index (χ3v) is 12.6. The summed E-state index contributed by atoms with van der Waals surface area (Å²) in [7, 11) is 5.08. The highest BCUT2D eigenvalue weighted by Crippen LogP contribution is 2.35. The van der Waals surface area contributed by atoms with E-state index in [1.165, 1.54) is 7.11 Å². The number of likely N-dealkylation sites (tertiary alicyclic amines) is 1. The SMILES string of the molecule is C=C(COC(=O)N1CCC[C@H]2CN(c3nc(NCc4nc5ccc(C)cc5[nH]4)n4ncc(Br)c4n3)C[C@H]21)C(=O)N[C@@H]1CN(c2nc(Nc3cn(C)nc3OC)c3ncn(C)c3n2)C[C@H]1F. The van der Waals surface area contributed by atoms with Crippen LogP contribution in [0.15, 0.2) is 53.5 Å². The van der Waals surface area contributed by atoms with Crippen LogP contribution in [0, 0.1) is 12.8 Å². The molecule has 22 nitrogen and oxygen atoms in total. The van der Waals surface area contributed by atoms with Gasteiger partial charge >= 0.3 is 6.09 Å². The number of carbonyl (C=O) groups is 2. The molecule has 0 unspecified atom stereocenters. The maximum Gasteiger partial charge on any atom is 0.410 e. The molecule has 4 atom stereocenters. The van der Waals surface area contributed by atoms with Crippen molar-refractivity contribution in [3.63, 3.8) is 0 Å². The Morgan fingerprint density at radius 1 is 1.05 bits per heavy atom. The molecule has 0 aliphatic carbocycles. The summed E-state index contributed by atoms with van der Waals surface area (Å²) >= 11 is 3.58. The van der Waals surface area contributed by atoms with Crippen molar-refractivity contribution in [1.82, 2.24) is 69.1 Å². The van der Waals surface area contributed by atoms with Crippen LogP contribution in [0.3, 0.4) is 0 Å². The number of aromatic nitrogens is 12. The molecule has 0 radical (unpaired) electrons. The number of alkyl halides is 1. The molecule has 0 saturated carbocycles. The van der Waals surface area contributed by atoms with Gasteiger partial charge in [0.25, 0.3) is 5.88 Å². The summed E-state index contributed by atoms with van der Waals surface area (Å²) in [6.45, 7) is 7.54. The van der Waals surface area contributed by atoms with Gasteiger partial charge in [0.1, 0.15) is 24.3 Å². The first-order chi connectivity index (χ1) is 31.4. The molecule has 3 aliphatic rings. The van der Waals surface area contributed by atoms with Gasteiger partial charge in [0.2, 0.25) is 23.8 Å². The van der Waals surface area contributed by atoms with Crippen LogP contribution in [0.4, 0.5) is 38.5 Å². The van der Waals surface area contributed by atoms with E-state index in [9.17, 15) is 9.59 Å². The zero-order chi connectivity index (χ0) is 45.1. The number of aryl methyl sites for hydroxylation is 3. The highest BCUT2D eigenvalue weighted by molar-refractivity contribution is 9.10. The Balaban J connectivity index is 0.762. The molecule has 4 N–H and O–H groups in total. The van der Waals surface area contributed by atoms with E-state index in [1.807, 2.05) is 19.1 Å². The highest BCUT2D eigenvalue weighted by Gasteiger charge is 2.43. The smallest absolute Gasteiger partial charge is 0.410 e. The lowest BCUT2D eigenvalue weighted by Crippen LogP contribution is -2.49. The number of benzene rings is 1. The van der Waals surface area contributed by atoms with Crippen molar-refractivity contribution in [1.29, 1.82) is 0 Å². The lowest BCUT2D eigenvalue weighted by atomic mass is 9.92. The molecular formula is C41H46BrFN18O4. The Labute approximate surface area is 378 Å². The minimum atomic E-state index is -1.45. The van der Waals surface area contributed by atoms with E-state index in [4.69, 9.17) is 29.4 Å². The number of piperidine rings is 1. The maximum atomic E-state index is 15.6. The predicted molar refractivity (Wildman–Crippen MR) is 241 cm³/mol. The summed E-state index contributed by atoms with van der Waals surface area (Å²) in [5.41, 5.74) is 5.14. The van der Waals surface area contributed by atoms with Gasteiger partial charge in [-0.25, -0.2) is 19.2 Å². The fraction of sp³-hybridized carbons (Fsp3) is 0.415. The number of fused-ring (bicyclic) bond motifs is 4. The van der Waals surface area contributed by atoms with E-state index in [2.05, 4.69) is 74.6 Å². The molecule has 3 fully saturated rings. The zero-order valence-corrected chi connectivity index (χ0v) is 37.6. The van der Waals surface area contributed by atoms with Gasteiger partial charge in [0.05, 0.1) is 66.5 Å². The second-order valence-electron chi connectivity index (χ2n) is 16.6. The Morgan fingerprint density at radius 3 is 2.71 bits per heavy atom. The minimum absolute atomic E-state index is 0.0130. The second kappa shape index (κ2) is 16.8. The molecule has 0 spiro atoms. The quantitative estimate of drug-likeness (QED) is 0.128. The third kappa shape index (κ3) is 8.05. The standard InChI is InChI=1S/C41H46BrFN18O4/c1-21-8-9-26-27(11-21)48-31(47-26)13-44-38-54-40(52-34-24(42)12-46-61(34)38)58-14-23-7-6-10-60(30(23)18-58)41(63)65-19-22(2)36(62)50-28-17-59(15-25(28)43)39-51-33(32-35(53-39)56(3)20-45-32)49-29-16-57(4)55-37(29)64-5/h8-9,11-12,16,20,23,25,28,30H,2,6-7,10,13-15,17-19H2,1,3-5H3,(H,47,48)(H,50,62)(H,44,52,54)(H,49,51,53)/t23-,25+,28+,30+/m0/s1. The zero-order valence-electron chi connectivity index (χ0n) is 36.0. The van der Waals surface area contributed by atoms with Crippen molar-refractivity contribution < 1.29 is 23.5 Å². The van der Waals surface area contributed by atoms with Gasteiger partial charge in [0.15, 0.2) is 22.6 Å². The van der Waals surface area contributed by atoms with Gasteiger partial charge in [-0.05, 0) is 59.3 Å². The normalized spacial score (nSPS) is 19.6. The fourth-order valence-electron chi connectivity index (χ4n) is 8.78. The summed E-state index contributed by atoms with van der Waals surface area (Å²) in [4.78, 5) is 64.1. The molecule has 2 amide bonds. The Kier molecular flexibility index (Phi) is 10.8. The number of nitrogens with one attached hydrogen (secondary N) is 4. The van der Waals surface area contributed by atoms with Crippen LogP contribution in [-0.4, -0.2) is 140 Å². The number of ether oxygens (including phenoxy) is 2. The molecule has 65 heavy (non-hydrogen) atoms. The number of imidazole rings is 2. The first-order valence-corrected chi connectivity index (χ1v) is 21.9. The molecule has 3 aliphatic heterocycles. The van der Waals surface area contributed by atoms with Crippen LogP contribution in [0.5, 0.6) is 5.88 Å². The van der Waals surface area contributed by atoms with Crippen molar-refractivity contribution in [2.45, 2.75) is 44.6 Å².